The summed E-state index contributed by atoms with van der Waals surface area (Å²) >= 11 is 0. The molecule has 1 N–H and O–H groups in total. The maximum Gasteiger partial charge on any atom is 0.0741 e. The summed E-state index contributed by atoms with van der Waals surface area (Å²) in [4.78, 5) is 0. The lowest BCUT2D eigenvalue weighted by Gasteiger charge is -2.51. The lowest BCUT2D eigenvalue weighted by molar-refractivity contribution is -0.111. The van der Waals surface area contributed by atoms with E-state index in [0.717, 1.165) is 12.8 Å². The van der Waals surface area contributed by atoms with Crippen molar-refractivity contribution in [3.63, 3.8) is 0 Å². The molecule has 1 fully saturated rings. The Morgan fingerprint density at radius 3 is 2.69 bits per heavy atom. The molecule has 0 bridgehead atoms. The first kappa shape index (κ1) is 12.2. The Morgan fingerprint density at radius 1 is 1.38 bits per heavy atom. The van der Waals surface area contributed by atoms with Crippen LogP contribution in [0.5, 0.6) is 0 Å². The summed E-state index contributed by atoms with van der Waals surface area (Å²) in [6, 6.07) is 0. The molecular formula is C15H26O. The van der Waals surface area contributed by atoms with Crippen molar-refractivity contribution < 1.29 is 5.11 Å². The molecule has 2 rings (SSSR count). The van der Waals surface area contributed by atoms with Gasteiger partial charge >= 0.3 is 0 Å². The van der Waals surface area contributed by atoms with Crippen LogP contribution in [0.15, 0.2) is 11.6 Å². The van der Waals surface area contributed by atoms with Crippen LogP contribution in [0.4, 0.5) is 0 Å². The highest BCUT2D eigenvalue weighted by Gasteiger charge is 2.49. The molecule has 0 aromatic heterocycles. The van der Waals surface area contributed by atoms with Crippen LogP contribution in [0.2, 0.25) is 0 Å². The van der Waals surface area contributed by atoms with Gasteiger partial charge in [-0.05, 0) is 50.4 Å². The normalized spacial score (nSPS) is 44.1. The summed E-state index contributed by atoms with van der Waals surface area (Å²) in [5.74, 6) is 2.24. The number of rotatable bonds is 1. The third-order valence-corrected chi connectivity index (χ3v) is 5.07. The lowest BCUT2D eigenvalue weighted by atomic mass is 9.57. The molecule has 0 aromatic rings. The first-order valence-electron chi connectivity index (χ1n) is 6.85. The van der Waals surface area contributed by atoms with Crippen LogP contribution in [0.25, 0.3) is 0 Å². The smallest absolute Gasteiger partial charge is 0.0741 e. The van der Waals surface area contributed by atoms with E-state index in [4.69, 9.17) is 0 Å². The van der Waals surface area contributed by atoms with Gasteiger partial charge in [0.2, 0.25) is 0 Å². The van der Waals surface area contributed by atoms with E-state index in [1.807, 2.05) is 0 Å². The van der Waals surface area contributed by atoms with Gasteiger partial charge in [0.25, 0.3) is 0 Å². The Kier molecular flexibility index (Phi) is 3.18. The van der Waals surface area contributed by atoms with Crippen LogP contribution in [-0.4, -0.2) is 10.7 Å². The minimum atomic E-state index is -0.410. The number of hydrogen-bond acceptors (Lipinski definition) is 1. The van der Waals surface area contributed by atoms with Crippen molar-refractivity contribution >= 4 is 0 Å². The molecule has 1 saturated carbocycles. The summed E-state index contributed by atoms with van der Waals surface area (Å²) in [7, 11) is 0. The lowest BCUT2D eigenvalue weighted by Crippen LogP contribution is -2.52. The number of hydrogen-bond donors (Lipinski definition) is 1. The second kappa shape index (κ2) is 4.18. The first-order chi connectivity index (χ1) is 7.45. The van der Waals surface area contributed by atoms with E-state index in [-0.39, 0.29) is 0 Å². The van der Waals surface area contributed by atoms with Crippen molar-refractivity contribution in [2.45, 2.75) is 59.0 Å². The van der Waals surface area contributed by atoms with Gasteiger partial charge in [0.05, 0.1) is 5.60 Å². The van der Waals surface area contributed by atoms with E-state index in [2.05, 4.69) is 33.8 Å². The van der Waals surface area contributed by atoms with Gasteiger partial charge in [-0.1, -0.05) is 32.4 Å². The summed E-state index contributed by atoms with van der Waals surface area (Å²) in [6.07, 6.45) is 6.93. The molecule has 2 aliphatic rings. The van der Waals surface area contributed by atoms with E-state index in [1.165, 1.54) is 18.4 Å². The third kappa shape index (κ3) is 1.84. The van der Waals surface area contributed by atoms with Gasteiger partial charge in [-0.15, -0.1) is 0 Å². The van der Waals surface area contributed by atoms with Gasteiger partial charge < -0.3 is 5.11 Å². The molecule has 0 aliphatic heterocycles. The van der Waals surface area contributed by atoms with Crippen molar-refractivity contribution in [3.8, 4) is 0 Å². The van der Waals surface area contributed by atoms with E-state index in [9.17, 15) is 5.11 Å². The molecule has 0 amide bonds. The van der Waals surface area contributed by atoms with Gasteiger partial charge in [-0.2, -0.15) is 0 Å². The Hall–Kier alpha value is -0.300. The predicted octanol–water partition coefficient (Wildman–Crippen LogP) is 3.78. The number of fused-ring (bicyclic) bond motifs is 1. The average molecular weight is 222 g/mol. The molecular weight excluding hydrogens is 196 g/mol. The SMILES string of the molecule is CC1=C[C@H]2[C@H](C(C)C)CC[C@@H](C)[C@@]2(O)CC1. The Bertz CT molecular complexity index is 292. The zero-order chi connectivity index (χ0) is 11.9. The molecule has 0 unspecified atom stereocenters. The molecule has 2 aliphatic carbocycles. The van der Waals surface area contributed by atoms with Crippen LogP contribution in [0, 0.1) is 23.7 Å². The number of aliphatic hydroxyl groups is 1. The summed E-state index contributed by atoms with van der Waals surface area (Å²) in [5, 5.41) is 11.0. The van der Waals surface area contributed by atoms with Crippen molar-refractivity contribution in [1.82, 2.24) is 0 Å². The van der Waals surface area contributed by atoms with Crippen LogP contribution >= 0.6 is 0 Å². The van der Waals surface area contributed by atoms with Gasteiger partial charge in [0.1, 0.15) is 0 Å². The zero-order valence-corrected chi connectivity index (χ0v) is 11.2. The highest BCUT2D eigenvalue weighted by molar-refractivity contribution is 5.17. The molecule has 4 atom stereocenters. The molecule has 92 valence electrons. The average Bonchev–Trinajstić information content (AvgIpc) is 2.21. The highest BCUT2D eigenvalue weighted by atomic mass is 16.3. The Labute approximate surface area is 99.9 Å². The van der Waals surface area contributed by atoms with Gasteiger partial charge in [-0.25, -0.2) is 0 Å². The van der Waals surface area contributed by atoms with Crippen molar-refractivity contribution in [1.29, 1.82) is 0 Å². The molecule has 0 spiro atoms. The fraction of sp³-hybridized carbons (Fsp3) is 0.867. The second-order valence-corrected chi connectivity index (χ2v) is 6.42. The summed E-state index contributed by atoms with van der Waals surface area (Å²) in [5.41, 5.74) is 1.07. The highest BCUT2D eigenvalue weighted by Crippen LogP contribution is 2.50. The molecule has 0 saturated heterocycles. The second-order valence-electron chi connectivity index (χ2n) is 6.42. The molecule has 0 heterocycles. The van der Waals surface area contributed by atoms with Crippen molar-refractivity contribution in [2.75, 3.05) is 0 Å². The molecule has 1 nitrogen and oxygen atoms in total. The third-order valence-electron chi connectivity index (χ3n) is 5.07. The van der Waals surface area contributed by atoms with Gasteiger partial charge in [-0.3, -0.25) is 0 Å². The van der Waals surface area contributed by atoms with Crippen LogP contribution in [0.3, 0.4) is 0 Å². The topological polar surface area (TPSA) is 20.2 Å². The van der Waals surface area contributed by atoms with E-state index >= 15 is 0 Å². The fourth-order valence-electron chi connectivity index (χ4n) is 3.79. The predicted molar refractivity (Wildman–Crippen MR) is 68.2 cm³/mol. The van der Waals surface area contributed by atoms with Crippen molar-refractivity contribution in [3.05, 3.63) is 11.6 Å². The van der Waals surface area contributed by atoms with Crippen LogP contribution < -0.4 is 0 Å². The molecule has 1 heteroatoms. The van der Waals surface area contributed by atoms with Gasteiger partial charge in [0, 0.05) is 5.92 Å². The molecule has 16 heavy (non-hydrogen) atoms. The van der Waals surface area contributed by atoms with Gasteiger partial charge in [0.15, 0.2) is 0 Å². The fourth-order valence-corrected chi connectivity index (χ4v) is 3.79. The first-order valence-corrected chi connectivity index (χ1v) is 6.85. The standard InChI is InChI=1S/C15H26O/c1-10(2)13-6-5-12(4)15(16)8-7-11(3)9-14(13)15/h9-10,12-14,16H,5-8H2,1-4H3/t12-,13+,14+,15+/m1/s1. The molecule has 0 radical (unpaired) electrons. The Balaban J connectivity index is 2.32. The summed E-state index contributed by atoms with van der Waals surface area (Å²) in [6.45, 7) is 9.06. The van der Waals surface area contributed by atoms with Crippen LogP contribution in [0.1, 0.15) is 53.4 Å². The summed E-state index contributed by atoms with van der Waals surface area (Å²) < 4.78 is 0. The van der Waals surface area contributed by atoms with Crippen LogP contribution in [-0.2, 0) is 0 Å². The van der Waals surface area contributed by atoms with E-state index in [0.29, 0.717) is 23.7 Å². The quantitative estimate of drug-likeness (QED) is 0.669. The largest absolute Gasteiger partial charge is 0.389 e. The minimum Gasteiger partial charge on any atom is -0.389 e. The number of allylic oxidation sites excluding steroid dienone is 1. The maximum absolute atomic E-state index is 11.0. The minimum absolute atomic E-state index is 0.407. The van der Waals surface area contributed by atoms with E-state index in [1.54, 1.807) is 0 Å². The van der Waals surface area contributed by atoms with Crippen molar-refractivity contribution in [2.24, 2.45) is 23.7 Å². The molecule has 0 aromatic carbocycles. The Morgan fingerprint density at radius 2 is 2.06 bits per heavy atom. The monoisotopic (exact) mass is 222 g/mol. The zero-order valence-electron chi connectivity index (χ0n) is 11.2. The maximum atomic E-state index is 11.0. The van der Waals surface area contributed by atoms with E-state index < -0.39 is 5.60 Å².